The molecule has 2 rings (SSSR count). The molecule has 2 aromatic rings. The normalized spacial score (nSPS) is 10.1. The summed E-state index contributed by atoms with van der Waals surface area (Å²) in [5, 5.41) is 0. The SMILES string of the molecule is COC(=O)c1c(-c2ccc(OC)cc2C=O)ccc(OC)c1F. The molecule has 6 heteroatoms. The predicted molar refractivity (Wildman–Crippen MR) is 81.7 cm³/mol. The highest BCUT2D eigenvalue weighted by Crippen LogP contribution is 2.34. The zero-order valence-electron chi connectivity index (χ0n) is 12.9. The number of carbonyl (C=O) groups excluding carboxylic acids is 2. The third-order valence-corrected chi connectivity index (χ3v) is 3.39. The van der Waals surface area contributed by atoms with Gasteiger partial charge in [-0.3, -0.25) is 4.79 Å². The Kier molecular flexibility index (Phi) is 4.95. The van der Waals surface area contributed by atoms with E-state index in [2.05, 4.69) is 4.74 Å². The molecule has 0 aromatic heterocycles. The quantitative estimate of drug-likeness (QED) is 0.626. The molecule has 0 unspecified atom stereocenters. The summed E-state index contributed by atoms with van der Waals surface area (Å²) < 4.78 is 29.1. The molecule has 0 saturated carbocycles. The van der Waals surface area contributed by atoms with Crippen LogP contribution in [0.5, 0.6) is 11.5 Å². The van der Waals surface area contributed by atoms with Crippen LogP contribution < -0.4 is 9.47 Å². The molecule has 0 bridgehead atoms. The van der Waals surface area contributed by atoms with Crippen molar-refractivity contribution in [1.82, 2.24) is 0 Å². The molecule has 5 nitrogen and oxygen atoms in total. The first-order valence-corrected chi connectivity index (χ1v) is 6.65. The van der Waals surface area contributed by atoms with Gasteiger partial charge in [0.15, 0.2) is 17.9 Å². The fraction of sp³-hybridized carbons (Fsp3) is 0.176. The van der Waals surface area contributed by atoms with Gasteiger partial charge in [0.05, 0.1) is 21.3 Å². The highest BCUT2D eigenvalue weighted by molar-refractivity contribution is 6.01. The van der Waals surface area contributed by atoms with E-state index in [4.69, 9.17) is 9.47 Å². The van der Waals surface area contributed by atoms with Crippen molar-refractivity contribution in [3.05, 3.63) is 47.3 Å². The van der Waals surface area contributed by atoms with Gasteiger partial charge in [0, 0.05) is 11.1 Å². The minimum Gasteiger partial charge on any atom is -0.497 e. The number of ether oxygens (including phenoxy) is 3. The molecule has 0 saturated heterocycles. The largest absolute Gasteiger partial charge is 0.497 e. The zero-order valence-corrected chi connectivity index (χ0v) is 12.9. The first-order valence-electron chi connectivity index (χ1n) is 6.65. The first kappa shape index (κ1) is 16.5. The third-order valence-electron chi connectivity index (χ3n) is 3.39. The van der Waals surface area contributed by atoms with E-state index >= 15 is 0 Å². The van der Waals surface area contributed by atoms with Crippen LogP contribution in [0.1, 0.15) is 20.7 Å². The smallest absolute Gasteiger partial charge is 0.341 e. The maximum Gasteiger partial charge on any atom is 0.341 e. The predicted octanol–water partition coefficient (Wildman–Crippen LogP) is 3.11. The van der Waals surface area contributed by atoms with Crippen LogP contribution in [-0.2, 0) is 4.74 Å². The van der Waals surface area contributed by atoms with Crippen LogP contribution >= 0.6 is 0 Å². The minimum atomic E-state index is -0.857. The summed E-state index contributed by atoms with van der Waals surface area (Å²) in [6, 6.07) is 7.59. The number of carbonyl (C=O) groups is 2. The number of hydrogen-bond acceptors (Lipinski definition) is 5. The molecule has 0 heterocycles. The second-order valence-corrected chi connectivity index (χ2v) is 4.57. The highest BCUT2D eigenvalue weighted by Gasteiger charge is 2.23. The van der Waals surface area contributed by atoms with Crippen LogP contribution in [0, 0.1) is 5.82 Å². The molecule has 0 N–H and O–H groups in total. The van der Waals surface area contributed by atoms with E-state index < -0.39 is 11.8 Å². The molecule has 0 radical (unpaired) electrons. The Morgan fingerprint density at radius 1 is 1.04 bits per heavy atom. The van der Waals surface area contributed by atoms with E-state index in [1.807, 2.05) is 0 Å². The second kappa shape index (κ2) is 6.91. The van der Waals surface area contributed by atoms with Crippen molar-refractivity contribution in [3.63, 3.8) is 0 Å². The lowest BCUT2D eigenvalue weighted by atomic mass is 9.95. The molecular formula is C17H15FO5. The lowest BCUT2D eigenvalue weighted by Crippen LogP contribution is -2.09. The first-order chi connectivity index (χ1) is 11.1. The van der Waals surface area contributed by atoms with Crippen molar-refractivity contribution in [2.75, 3.05) is 21.3 Å². The van der Waals surface area contributed by atoms with Gasteiger partial charge < -0.3 is 14.2 Å². The molecule has 120 valence electrons. The van der Waals surface area contributed by atoms with Gasteiger partial charge in [0.1, 0.15) is 11.3 Å². The molecular weight excluding hydrogens is 303 g/mol. The second-order valence-electron chi connectivity index (χ2n) is 4.57. The number of halogens is 1. The molecule has 0 atom stereocenters. The van der Waals surface area contributed by atoms with Crippen LogP contribution in [0.3, 0.4) is 0 Å². The molecule has 0 aliphatic heterocycles. The number of hydrogen-bond donors (Lipinski definition) is 0. The van der Waals surface area contributed by atoms with Crippen molar-refractivity contribution in [2.45, 2.75) is 0 Å². The number of rotatable bonds is 5. The van der Waals surface area contributed by atoms with Crippen LogP contribution in [0.15, 0.2) is 30.3 Å². The Balaban J connectivity index is 2.75. The van der Waals surface area contributed by atoms with Crippen LogP contribution in [-0.4, -0.2) is 33.6 Å². The summed E-state index contributed by atoms with van der Waals surface area (Å²) in [6.45, 7) is 0. The van der Waals surface area contributed by atoms with Gasteiger partial charge in [-0.05, 0) is 35.9 Å². The van der Waals surface area contributed by atoms with Crippen molar-refractivity contribution >= 4 is 12.3 Å². The third kappa shape index (κ3) is 3.01. The van der Waals surface area contributed by atoms with Gasteiger partial charge in [-0.1, -0.05) is 0 Å². The summed E-state index contributed by atoms with van der Waals surface area (Å²) in [5.41, 5.74) is 0.599. The summed E-state index contributed by atoms with van der Waals surface area (Å²) in [7, 11) is 3.92. The van der Waals surface area contributed by atoms with Crippen molar-refractivity contribution in [1.29, 1.82) is 0 Å². The van der Waals surface area contributed by atoms with E-state index in [-0.39, 0.29) is 22.4 Å². The van der Waals surface area contributed by atoms with Crippen molar-refractivity contribution < 1.29 is 28.2 Å². The van der Waals surface area contributed by atoms with Gasteiger partial charge in [0.2, 0.25) is 0 Å². The maximum absolute atomic E-state index is 14.5. The summed E-state index contributed by atoms with van der Waals surface area (Å²) in [5.74, 6) is -1.31. The molecule has 0 fully saturated rings. The van der Waals surface area contributed by atoms with E-state index in [1.54, 1.807) is 12.1 Å². The standard InChI is InChI=1S/C17H15FO5/c1-21-11-4-5-12(10(8-11)9-19)13-6-7-14(22-2)16(18)15(13)17(20)23-3/h4-9H,1-3H3. The van der Waals surface area contributed by atoms with E-state index in [9.17, 15) is 14.0 Å². The highest BCUT2D eigenvalue weighted by atomic mass is 19.1. The number of methoxy groups -OCH3 is 3. The topological polar surface area (TPSA) is 61.8 Å². The van der Waals surface area contributed by atoms with E-state index in [0.29, 0.717) is 17.6 Å². The molecule has 0 spiro atoms. The fourth-order valence-electron chi connectivity index (χ4n) is 2.25. The van der Waals surface area contributed by atoms with Crippen LogP contribution in [0.25, 0.3) is 11.1 Å². The summed E-state index contributed by atoms with van der Waals surface area (Å²) in [6.07, 6.45) is 0.612. The summed E-state index contributed by atoms with van der Waals surface area (Å²) >= 11 is 0. The lowest BCUT2D eigenvalue weighted by molar-refractivity contribution is 0.0595. The lowest BCUT2D eigenvalue weighted by Gasteiger charge is -2.14. The Morgan fingerprint density at radius 3 is 2.30 bits per heavy atom. The van der Waals surface area contributed by atoms with Gasteiger partial charge in [0.25, 0.3) is 0 Å². The zero-order chi connectivity index (χ0) is 17.0. The van der Waals surface area contributed by atoms with Gasteiger partial charge in [-0.2, -0.15) is 0 Å². The fourth-order valence-corrected chi connectivity index (χ4v) is 2.25. The van der Waals surface area contributed by atoms with Crippen LogP contribution in [0.4, 0.5) is 4.39 Å². The van der Waals surface area contributed by atoms with Crippen LogP contribution in [0.2, 0.25) is 0 Å². The Morgan fingerprint density at radius 2 is 1.74 bits per heavy atom. The van der Waals surface area contributed by atoms with Gasteiger partial charge in [-0.15, -0.1) is 0 Å². The molecule has 0 aliphatic rings. The maximum atomic E-state index is 14.5. The van der Waals surface area contributed by atoms with Gasteiger partial charge in [-0.25, -0.2) is 9.18 Å². The van der Waals surface area contributed by atoms with Crippen molar-refractivity contribution in [3.8, 4) is 22.6 Å². The minimum absolute atomic E-state index is 0.0877. The average molecular weight is 318 g/mol. The van der Waals surface area contributed by atoms with E-state index in [1.165, 1.54) is 32.4 Å². The number of esters is 1. The molecule has 0 aliphatic carbocycles. The monoisotopic (exact) mass is 318 g/mol. The molecule has 0 amide bonds. The number of aldehydes is 1. The summed E-state index contributed by atoms with van der Waals surface area (Å²) in [4.78, 5) is 23.3. The van der Waals surface area contributed by atoms with Crippen molar-refractivity contribution in [2.24, 2.45) is 0 Å². The van der Waals surface area contributed by atoms with Gasteiger partial charge >= 0.3 is 5.97 Å². The Bertz CT molecular complexity index is 755. The number of benzene rings is 2. The van der Waals surface area contributed by atoms with E-state index in [0.717, 1.165) is 7.11 Å². The Labute approximate surface area is 132 Å². The molecule has 2 aromatic carbocycles. The average Bonchev–Trinajstić information content (AvgIpc) is 2.60. The molecule has 23 heavy (non-hydrogen) atoms. The Hall–Kier alpha value is -2.89.